The van der Waals surface area contributed by atoms with E-state index >= 15 is 0 Å². The normalized spacial score (nSPS) is 12.8. The van der Waals surface area contributed by atoms with E-state index in [0.29, 0.717) is 0 Å². The Kier molecular flexibility index (Phi) is 5.76. The van der Waals surface area contributed by atoms with Crippen LogP contribution in [0.1, 0.15) is 6.42 Å². The van der Waals surface area contributed by atoms with Crippen molar-refractivity contribution in [3.8, 4) is 0 Å². The molecule has 0 saturated heterocycles. The number of carboxylic acids is 1. The standard InChI is InChI=1S/C11H14N2O7S/c1-20-6-5-10(11(14)15)12-21(18,19)9-4-2-3-8(7-9)13(16)17/h2-4,7,10,12H,5-6H2,1H3,(H,14,15). The van der Waals surface area contributed by atoms with Gasteiger partial charge in [-0.05, 0) is 12.5 Å². The van der Waals surface area contributed by atoms with Crippen LogP contribution in [0.2, 0.25) is 0 Å². The number of carboxylic acid groups (broad SMARTS) is 1. The number of nitro benzene ring substituents is 1. The van der Waals surface area contributed by atoms with Crippen LogP contribution < -0.4 is 4.72 Å². The summed E-state index contributed by atoms with van der Waals surface area (Å²) in [7, 11) is -2.83. The van der Waals surface area contributed by atoms with Gasteiger partial charge in [0, 0.05) is 25.8 Å². The van der Waals surface area contributed by atoms with Crippen molar-refractivity contribution < 1.29 is 28.0 Å². The Bertz CT molecular complexity index is 629. The summed E-state index contributed by atoms with van der Waals surface area (Å²) in [5.74, 6) is -1.36. The first kappa shape index (κ1) is 17.0. The number of nitro groups is 1. The highest BCUT2D eigenvalue weighted by Crippen LogP contribution is 2.17. The average molecular weight is 318 g/mol. The molecule has 2 N–H and O–H groups in total. The molecule has 1 aromatic rings. The van der Waals surface area contributed by atoms with Gasteiger partial charge in [-0.1, -0.05) is 6.07 Å². The van der Waals surface area contributed by atoms with Crippen molar-refractivity contribution in [2.45, 2.75) is 17.4 Å². The summed E-state index contributed by atoms with van der Waals surface area (Å²) in [6.07, 6.45) is -0.0695. The second kappa shape index (κ2) is 7.11. The van der Waals surface area contributed by atoms with Gasteiger partial charge in [0.2, 0.25) is 10.0 Å². The van der Waals surface area contributed by atoms with E-state index in [2.05, 4.69) is 0 Å². The summed E-state index contributed by atoms with van der Waals surface area (Å²) in [6, 6.07) is 2.97. The number of ether oxygens (including phenoxy) is 1. The molecule has 0 saturated carbocycles. The quantitative estimate of drug-likeness (QED) is 0.521. The van der Waals surface area contributed by atoms with E-state index in [-0.39, 0.29) is 17.9 Å². The average Bonchev–Trinajstić information content (AvgIpc) is 2.43. The Morgan fingerprint density at radius 3 is 2.71 bits per heavy atom. The van der Waals surface area contributed by atoms with Gasteiger partial charge in [-0.3, -0.25) is 14.9 Å². The van der Waals surface area contributed by atoms with Crippen molar-refractivity contribution in [1.29, 1.82) is 0 Å². The summed E-state index contributed by atoms with van der Waals surface area (Å²) >= 11 is 0. The number of methoxy groups -OCH3 is 1. The highest BCUT2D eigenvalue weighted by Gasteiger charge is 2.26. The Morgan fingerprint density at radius 2 is 2.19 bits per heavy atom. The number of hydrogen-bond acceptors (Lipinski definition) is 6. The topological polar surface area (TPSA) is 136 Å². The fraction of sp³-hybridized carbons (Fsp3) is 0.364. The number of hydrogen-bond donors (Lipinski definition) is 2. The minimum Gasteiger partial charge on any atom is -0.480 e. The molecule has 1 aromatic carbocycles. The van der Waals surface area contributed by atoms with Crippen molar-refractivity contribution in [3.63, 3.8) is 0 Å². The van der Waals surface area contributed by atoms with Crippen molar-refractivity contribution in [2.24, 2.45) is 0 Å². The number of nitrogens with zero attached hydrogens (tertiary/aromatic N) is 1. The number of aliphatic carboxylic acids is 1. The Balaban J connectivity index is 3.01. The van der Waals surface area contributed by atoms with Crippen molar-refractivity contribution in [2.75, 3.05) is 13.7 Å². The monoisotopic (exact) mass is 318 g/mol. The highest BCUT2D eigenvalue weighted by molar-refractivity contribution is 7.89. The zero-order valence-electron chi connectivity index (χ0n) is 11.1. The molecule has 0 aliphatic heterocycles. The van der Waals surface area contributed by atoms with Gasteiger partial charge in [0.05, 0.1) is 9.82 Å². The van der Waals surface area contributed by atoms with Crippen LogP contribution in [-0.2, 0) is 19.6 Å². The molecular formula is C11H14N2O7S. The lowest BCUT2D eigenvalue weighted by Crippen LogP contribution is -2.41. The molecule has 0 spiro atoms. The third kappa shape index (κ3) is 4.77. The summed E-state index contributed by atoms with van der Waals surface area (Å²) in [4.78, 5) is 20.5. The molecule has 21 heavy (non-hydrogen) atoms. The summed E-state index contributed by atoms with van der Waals surface area (Å²) < 4.78 is 30.8. The van der Waals surface area contributed by atoms with Crippen molar-refractivity contribution in [3.05, 3.63) is 34.4 Å². The fourth-order valence-corrected chi connectivity index (χ4v) is 2.75. The predicted octanol–water partition coefficient (Wildman–Crippen LogP) is 0.363. The number of non-ortho nitro benzene ring substituents is 1. The van der Waals surface area contributed by atoms with Crippen LogP contribution >= 0.6 is 0 Å². The van der Waals surface area contributed by atoms with E-state index < -0.39 is 32.6 Å². The van der Waals surface area contributed by atoms with Crippen LogP contribution in [0.25, 0.3) is 0 Å². The molecule has 0 fully saturated rings. The van der Waals surface area contributed by atoms with Gasteiger partial charge in [0.25, 0.3) is 5.69 Å². The first-order valence-electron chi connectivity index (χ1n) is 5.76. The Morgan fingerprint density at radius 1 is 1.52 bits per heavy atom. The zero-order valence-corrected chi connectivity index (χ0v) is 11.9. The molecule has 0 aliphatic carbocycles. The van der Waals surface area contributed by atoms with Gasteiger partial charge in [0.15, 0.2) is 0 Å². The van der Waals surface area contributed by atoms with Crippen LogP contribution in [-0.4, -0.2) is 44.2 Å². The van der Waals surface area contributed by atoms with Gasteiger partial charge in [0.1, 0.15) is 6.04 Å². The van der Waals surface area contributed by atoms with Crippen LogP contribution in [0.5, 0.6) is 0 Å². The Hall–Kier alpha value is -2.04. The van der Waals surface area contributed by atoms with E-state index in [1.807, 2.05) is 4.72 Å². The second-order valence-corrected chi connectivity index (χ2v) is 5.76. The summed E-state index contributed by atoms with van der Waals surface area (Å²) in [6.45, 7) is 0.0500. The predicted molar refractivity (Wildman–Crippen MR) is 71.3 cm³/mol. The van der Waals surface area contributed by atoms with Crippen LogP contribution in [0.3, 0.4) is 0 Å². The Labute approximate surface area is 120 Å². The minimum atomic E-state index is -4.18. The van der Waals surface area contributed by atoms with Gasteiger partial charge in [-0.15, -0.1) is 0 Å². The zero-order chi connectivity index (χ0) is 16.0. The third-order valence-electron chi connectivity index (χ3n) is 2.54. The maximum Gasteiger partial charge on any atom is 0.321 e. The summed E-state index contributed by atoms with van der Waals surface area (Å²) in [5, 5.41) is 19.6. The molecule has 0 radical (unpaired) electrons. The third-order valence-corrected chi connectivity index (χ3v) is 4.01. The van der Waals surface area contributed by atoms with Crippen LogP contribution in [0.15, 0.2) is 29.2 Å². The molecule has 1 unspecified atom stereocenters. The molecule has 0 bridgehead atoms. The van der Waals surface area contributed by atoms with Crippen molar-refractivity contribution >= 4 is 21.7 Å². The second-order valence-electron chi connectivity index (χ2n) is 4.05. The number of carbonyl (C=O) groups is 1. The number of sulfonamides is 1. The molecule has 0 aromatic heterocycles. The van der Waals surface area contributed by atoms with Gasteiger partial charge < -0.3 is 9.84 Å². The van der Waals surface area contributed by atoms with E-state index in [1.54, 1.807) is 0 Å². The molecule has 0 amide bonds. The molecule has 9 nitrogen and oxygen atoms in total. The molecule has 1 rings (SSSR count). The first-order valence-corrected chi connectivity index (χ1v) is 7.25. The van der Waals surface area contributed by atoms with Gasteiger partial charge in [-0.25, -0.2) is 8.42 Å². The highest BCUT2D eigenvalue weighted by atomic mass is 32.2. The maximum atomic E-state index is 12.0. The lowest BCUT2D eigenvalue weighted by molar-refractivity contribution is -0.385. The van der Waals surface area contributed by atoms with Gasteiger partial charge >= 0.3 is 5.97 Å². The lowest BCUT2D eigenvalue weighted by atomic mass is 10.2. The maximum absolute atomic E-state index is 12.0. The van der Waals surface area contributed by atoms with Crippen LogP contribution in [0, 0.1) is 10.1 Å². The molecule has 0 heterocycles. The number of rotatable bonds is 8. The van der Waals surface area contributed by atoms with Gasteiger partial charge in [-0.2, -0.15) is 4.72 Å². The molecular weight excluding hydrogens is 304 g/mol. The fourth-order valence-electron chi connectivity index (χ4n) is 1.49. The van der Waals surface area contributed by atoms with E-state index in [1.165, 1.54) is 13.2 Å². The van der Waals surface area contributed by atoms with E-state index in [4.69, 9.17) is 9.84 Å². The first-order chi connectivity index (χ1) is 9.77. The molecule has 0 aliphatic rings. The molecule has 116 valence electrons. The number of nitrogens with one attached hydrogen (secondary N) is 1. The summed E-state index contributed by atoms with van der Waals surface area (Å²) in [5.41, 5.74) is -0.401. The molecule has 1 atom stereocenters. The molecule has 10 heteroatoms. The SMILES string of the molecule is COCCC(NS(=O)(=O)c1cccc([N+](=O)[O-])c1)C(=O)O. The van der Waals surface area contributed by atoms with Crippen molar-refractivity contribution in [1.82, 2.24) is 4.72 Å². The van der Waals surface area contributed by atoms with E-state index in [0.717, 1.165) is 18.2 Å². The minimum absolute atomic E-state index is 0.0500. The van der Waals surface area contributed by atoms with Crippen LogP contribution in [0.4, 0.5) is 5.69 Å². The largest absolute Gasteiger partial charge is 0.480 e. The lowest BCUT2D eigenvalue weighted by Gasteiger charge is -2.14. The number of benzene rings is 1. The smallest absolute Gasteiger partial charge is 0.321 e. The van der Waals surface area contributed by atoms with E-state index in [9.17, 15) is 23.3 Å².